The van der Waals surface area contributed by atoms with Gasteiger partial charge in [-0.1, -0.05) is 32.0 Å². The zero-order valence-corrected chi connectivity index (χ0v) is 14.3. The van der Waals surface area contributed by atoms with Crippen LogP contribution in [0.2, 0.25) is 0 Å². The minimum atomic E-state index is -1.12. The van der Waals surface area contributed by atoms with Gasteiger partial charge in [-0.3, -0.25) is 9.00 Å². The van der Waals surface area contributed by atoms with Crippen molar-refractivity contribution in [2.45, 2.75) is 30.1 Å². The molecule has 2 rings (SSSR count). The van der Waals surface area contributed by atoms with Gasteiger partial charge in [0.1, 0.15) is 5.82 Å². The first-order chi connectivity index (χ1) is 11.4. The molecule has 0 aliphatic heterocycles. The number of amides is 1. The number of carbonyl (C=O) groups excluding carboxylic acids is 1. The molecule has 0 aromatic heterocycles. The molecule has 0 heterocycles. The molecule has 24 heavy (non-hydrogen) atoms. The largest absolute Gasteiger partial charge is 0.386 e. The molecule has 0 saturated heterocycles. The summed E-state index contributed by atoms with van der Waals surface area (Å²) in [6, 6.07) is 12.4. The molecule has 0 aliphatic rings. The fraction of sp³-hybridized carbons (Fsp3) is 0.278. The van der Waals surface area contributed by atoms with Crippen LogP contribution in [0.3, 0.4) is 0 Å². The maximum absolute atomic E-state index is 13.6. The van der Waals surface area contributed by atoms with Crippen molar-refractivity contribution in [2.24, 2.45) is 0 Å². The predicted octanol–water partition coefficient (Wildman–Crippen LogP) is 2.81. The number of hydrogen-bond donors (Lipinski definition) is 2. The highest BCUT2D eigenvalue weighted by Gasteiger charge is 2.15. The monoisotopic (exact) mass is 349 g/mol. The van der Waals surface area contributed by atoms with Crippen molar-refractivity contribution in [2.75, 3.05) is 6.54 Å². The van der Waals surface area contributed by atoms with Crippen molar-refractivity contribution in [1.29, 1.82) is 0 Å². The van der Waals surface area contributed by atoms with E-state index in [1.165, 1.54) is 18.2 Å². The van der Waals surface area contributed by atoms with Crippen molar-refractivity contribution in [3.63, 3.8) is 0 Å². The van der Waals surface area contributed by atoms with Gasteiger partial charge in [-0.05, 0) is 30.3 Å². The standard InChI is InChI=1S/C18H20FNO3S/c1-12(2)24(23)14-9-7-13(8-10-14)18(22)20-11-17(21)15-5-3-4-6-16(15)19/h3-10,12,17,21H,11H2,1-2H3,(H,20,22). The molecule has 2 aromatic rings. The smallest absolute Gasteiger partial charge is 0.251 e. The SMILES string of the molecule is CC(C)S(=O)c1ccc(C(=O)NCC(O)c2ccccc2F)cc1. The van der Waals surface area contributed by atoms with Crippen LogP contribution in [0.25, 0.3) is 0 Å². The Bertz CT molecular complexity index is 731. The summed E-state index contributed by atoms with van der Waals surface area (Å²) in [7, 11) is -1.11. The van der Waals surface area contributed by atoms with Crippen LogP contribution in [-0.2, 0) is 10.8 Å². The van der Waals surface area contributed by atoms with Crippen LogP contribution in [0.1, 0.15) is 35.9 Å². The number of nitrogens with one attached hydrogen (secondary N) is 1. The summed E-state index contributed by atoms with van der Waals surface area (Å²) in [5.74, 6) is -0.896. The third-order valence-electron chi connectivity index (χ3n) is 3.50. The molecular weight excluding hydrogens is 329 g/mol. The third kappa shape index (κ3) is 4.49. The van der Waals surface area contributed by atoms with Gasteiger partial charge in [-0.2, -0.15) is 0 Å². The molecule has 0 fully saturated rings. The molecule has 2 unspecified atom stereocenters. The Morgan fingerprint density at radius 1 is 1.17 bits per heavy atom. The van der Waals surface area contributed by atoms with Crippen molar-refractivity contribution < 1.29 is 18.5 Å². The minimum Gasteiger partial charge on any atom is -0.386 e. The Balaban J connectivity index is 1.98. The quantitative estimate of drug-likeness (QED) is 0.843. The summed E-state index contributed by atoms with van der Waals surface area (Å²) in [4.78, 5) is 12.7. The van der Waals surface area contributed by atoms with Crippen LogP contribution in [0.5, 0.6) is 0 Å². The van der Waals surface area contributed by atoms with E-state index in [-0.39, 0.29) is 23.3 Å². The lowest BCUT2D eigenvalue weighted by atomic mass is 10.1. The lowest BCUT2D eigenvalue weighted by Crippen LogP contribution is -2.28. The summed E-state index contributed by atoms with van der Waals surface area (Å²) in [5.41, 5.74) is 0.528. The number of halogens is 1. The van der Waals surface area contributed by atoms with Gasteiger partial charge >= 0.3 is 0 Å². The van der Waals surface area contributed by atoms with E-state index in [0.29, 0.717) is 10.5 Å². The second-order valence-electron chi connectivity index (χ2n) is 5.62. The average molecular weight is 349 g/mol. The molecule has 2 N–H and O–H groups in total. The molecule has 0 aliphatic carbocycles. The highest BCUT2D eigenvalue weighted by Crippen LogP contribution is 2.16. The normalized spacial score (nSPS) is 13.5. The van der Waals surface area contributed by atoms with Gasteiger partial charge in [-0.25, -0.2) is 4.39 Å². The molecule has 6 heteroatoms. The summed E-state index contributed by atoms with van der Waals surface area (Å²) in [5, 5.41) is 12.5. The Morgan fingerprint density at radius 2 is 1.79 bits per heavy atom. The zero-order valence-electron chi connectivity index (χ0n) is 13.5. The second kappa shape index (κ2) is 8.17. The molecule has 2 aromatic carbocycles. The van der Waals surface area contributed by atoms with Crippen LogP contribution >= 0.6 is 0 Å². The van der Waals surface area contributed by atoms with E-state index < -0.39 is 22.7 Å². The molecular formula is C18H20FNO3S. The minimum absolute atomic E-state index is 0.000549. The van der Waals surface area contributed by atoms with Crippen molar-refractivity contribution in [3.05, 3.63) is 65.5 Å². The summed E-state index contributed by atoms with van der Waals surface area (Å²) in [6.45, 7) is 3.63. The van der Waals surface area contributed by atoms with Gasteiger partial charge in [0, 0.05) is 27.8 Å². The van der Waals surface area contributed by atoms with Crippen LogP contribution in [0, 0.1) is 5.82 Å². The lowest BCUT2D eigenvalue weighted by Gasteiger charge is -2.13. The first-order valence-corrected chi connectivity index (χ1v) is 8.82. The van der Waals surface area contributed by atoms with Crippen molar-refractivity contribution >= 4 is 16.7 Å². The van der Waals surface area contributed by atoms with Gasteiger partial charge < -0.3 is 10.4 Å². The number of aliphatic hydroxyl groups is 1. The van der Waals surface area contributed by atoms with Gasteiger partial charge in [0.25, 0.3) is 5.91 Å². The highest BCUT2D eigenvalue weighted by atomic mass is 32.2. The maximum Gasteiger partial charge on any atom is 0.251 e. The Hall–Kier alpha value is -2.05. The van der Waals surface area contributed by atoms with Crippen LogP contribution in [0.15, 0.2) is 53.4 Å². The Kier molecular flexibility index (Phi) is 6.23. The predicted molar refractivity (Wildman–Crippen MR) is 91.7 cm³/mol. The maximum atomic E-state index is 13.6. The molecule has 128 valence electrons. The van der Waals surface area contributed by atoms with E-state index in [0.717, 1.165) is 0 Å². The molecule has 0 bridgehead atoms. The number of benzene rings is 2. The van der Waals surface area contributed by atoms with Gasteiger partial charge in [-0.15, -0.1) is 0 Å². The van der Waals surface area contributed by atoms with E-state index in [1.54, 1.807) is 30.3 Å². The number of hydrogen-bond acceptors (Lipinski definition) is 3. The van der Waals surface area contributed by atoms with Gasteiger partial charge in [0.2, 0.25) is 0 Å². The van der Waals surface area contributed by atoms with Crippen molar-refractivity contribution in [3.8, 4) is 0 Å². The molecule has 2 atom stereocenters. The van der Waals surface area contributed by atoms with Gasteiger partial charge in [0.15, 0.2) is 0 Å². The van der Waals surface area contributed by atoms with E-state index >= 15 is 0 Å². The molecule has 4 nitrogen and oxygen atoms in total. The van der Waals surface area contributed by atoms with Gasteiger partial charge in [0.05, 0.1) is 16.9 Å². The highest BCUT2D eigenvalue weighted by molar-refractivity contribution is 7.85. The van der Waals surface area contributed by atoms with E-state index in [1.807, 2.05) is 13.8 Å². The number of aliphatic hydroxyl groups excluding tert-OH is 1. The van der Waals surface area contributed by atoms with Crippen LogP contribution in [-0.4, -0.2) is 27.0 Å². The fourth-order valence-corrected chi connectivity index (χ4v) is 3.11. The Morgan fingerprint density at radius 3 is 2.38 bits per heavy atom. The summed E-state index contributed by atoms with van der Waals surface area (Å²) < 4.78 is 25.5. The molecule has 1 amide bonds. The van der Waals surface area contributed by atoms with Crippen LogP contribution < -0.4 is 5.32 Å². The molecule has 0 spiro atoms. The zero-order chi connectivity index (χ0) is 17.7. The summed E-state index contributed by atoms with van der Waals surface area (Å²) >= 11 is 0. The molecule has 0 radical (unpaired) electrons. The topological polar surface area (TPSA) is 66.4 Å². The second-order valence-corrected chi connectivity index (χ2v) is 7.63. The first-order valence-electron chi connectivity index (χ1n) is 7.61. The van der Waals surface area contributed by atoms with E-state index in [2.05, 4.69) is 5.32 Å². The summed E-state index contributed by atoms with van der Waals surface area (Å²) in [6.07, 6.45) is -1.12. The van der Waals surface area contributed by atoms with E-state index in [9.17, 15) is 18.5 Å². The lowest BCUT2D eigenvalue weighted by molar-refractivity contribution is 0.0914. The number of carbonyl (C=O) groups is 1. The average Bonchev–Trinajstić information content (AvgIpc) is 2.59. The fourth-order valence-electron chi connectivity index (χ4n) is 2.16. The third-order valence-corrected chi connectivity index (χ3v) is 5.09. The Labute approximate surface area is 143 Å². The molecule has 0 saturated carbocycles. The van der Waals surface area contributed by atoms with Crippen molar-refractivity contribution in [1.82, 2.24) is 5.32 Å². The van der Waals surface area contributed by atoms with Crippen LogP contribution in [0.4, 0.5) is 4.39 Å². The van der Waals surface area contributed by atoms with E-state index in [4.69, 9.17) is 0 Å². The first kappa shape index (κ1) is 18.3. The number of rotatable bonds is 6.